The zero-order valence-corrected chi connectivity index (χ0v) is 9.66. The van der Waals surface area contributed by atoms with E-state index < -0.39 is 0 Å². The van der Waals surface area contributed by atoms with Gasteiger partial charge in [-0.05, 0) is 12.8 Å². The summed E-state index contributed by atoms with van der Waals surface area (Å²) in [7, 11) is 1.77. The van der Waals surface area contributed by atoms with E-state index in [-0.39, 0.29) is 6.61 Å². The molecule has 0 unspecified atom stereocenters. The van der Waals surface area contributed by atoms with Crippen LogP contribution in [0.4, 0.5) is 5.13 Å². The topological polar surface area (TPSA) is 45.6 Å². The van der Waals surface area contributed by atoms with Crippen LogP contribution in [0.2, 0.25) is 0 Å². The Hall–Kier alpha value is -0.650. The molecule has 0 bridgehead atoms. The van der Waals surface area contributed by atoms with Gasteiger partial charge in [-0.1, -0.05) is 11.3 Å². The van der Waals surface area contributed by atoms with Crippen molar-refractivity contribution in [1.29, 1.82) is 0 Å². The average molecular weight is 228 g/mol. The molecule has 0 aliphatic carbocycles. The van der Waals surface area contributed by atoms with Gasteiger partial charge in [0.1, 0.15) is 0 Å². The first-order chi connectivity index (χ1) is 7.33. The van der Waals surface area contributed by atoms with Crippen molar-refractivity contribution in [1.82, 2.24) is 4.98 Å². The van der Waals surface area contributed by atoms with Gasteiger partial charge in [0.15, 0.2) is 5.13 Å². The second-order valence-electron chi connectivity index (χ2n) is 3.69. The molecule has 2 heterocycles. The fourth-order valence-corrected chi connectivity index (χ4v) is 2.62. The zero-order chi connectivity index (χ0) is 10.7. The van der Waals surface area contributed by atoms with Crippen molar-refractivity contribution in [2.75, 3.05) is 25.1 Å². The third kappa shape index (κ3) is 2.48. The van der Waals surface area contributed by atoms with Gasteiger partial charge in [0, 0.05) is 26.4 Å². The molecule has 1 aliphatic rings. The lowest BCUT2D eigenvalue weighted by Gasteiger charge is -2.30. The molecule has 1 N–H and O–H groups in total. The predicted molar refractivity (Wildman–Crippen MR) is 60.3 cm³/mol. The van der Waals surface area contributed by atoms with E-state index in [0.29, 0.717) is 6.10 Å². The SMILES string of the molecule is COC1CCN(c2ncc(CO)s2)CC1. The van der Waals surface area contributed by atoms with Gasteiger partial charge in [-0.2, -0.15) is 0 Å². The number of aromatic nitrogens is 1. The molecule has 1 fully saturated rings. The summed E-state index contributed by atoms with van der Waals surface area (Å²) in [5.74, 6) is 0. The number of aliphatic hydroxyl groups is 1. The molecule has 1 aliphatic heterocycles. The minimum absolute atomic E-state index is 0.0895. The molecule has 0 aromatic carbocycles. The Kier molecular flexibility index (Phi) is 3.56. The predicted octanol–water partition coefficient (Wildman–Crippen LogP) is 1.25. The molecule has 1 saturated heterocycles. The van der Waals surface area contributed by atoms with Gasteiger partial charge in [0.2, 0.25) is 0 Å². The van der Waals surface area contributed by atoms with Crippen molar-refractivity contribution in [3.8, 4) is 0 Å². The summed E-state index contributed by atoms with van der Waals surface area (Å²) in [5.41, 5.74) is 0. The van der Waals surface area contributed by atoms with E-state index in [1.165, 1.54) is 0 Å². The summed E-state index contributed by atoms with van der Waals surface area (Å²) in [6.07, 6.45) is 4.27. The van der Waals surface area contributed by atoms with E-state index in [2.05, 4.69) is 9.88 Å². The van der Waals surface area contributed by atoms with Gasteiger partial charge < -0.3 is 14.7 Å². The summed E-state index contributed by atoms with van der Waals surface area (Å²) < 4.78 is 5.32. The minimum atomic E-state index is 0.0895. The Labute approximate surface area is 93.5 Å². The Balaban J connectivity index is 1.95. The largest absolute Gasteiger partial charge is 0.391 e. The lowest BCUT2D eigenvalue weighted by Crippen LogP contribution is -2.36. The lowest BCUT2D eigenvalue weighted by molar-refractivity contribution is 0.0819. The molecule has 0 amide bonds. The maximum Gasteiger partial charge on any atom is 0.185 e. The number of ether oxygens (including phenoxy) is 1. The van der Waals surface area contributed by atoms with E-state index in [4.69, 9.17) is 9.84 Å². The van der Waals surface area contributed by atoms with Crippen LogP contribution in [-0.2, 0) is 11.3 Å². The van der Waals surface area contributed by atoms with E-state index in [1.54, 1.807) is 24.6 Å². The molecule has 1 aromatic heterocycles. The molecule has 5 heteroatoms. The molecule has 4 nitrogen and oxygen atoms in total. The van der Waals surface area contributed by atoms with Crippen LogP contribution in [0.15, 0.2) is 6.20 Å². The van der Waals surface area contributed by atoms with Gasteiger partial charge in [-0.3, -0.25) is 0 Å². The Morgan fingerprint density at radius 3 is 2.87 bits per heavy atom. The summed E-state index contributed by atoms with van der Waals surface area (Å²) >= 11 is 1.57. The van der Waals surface area contributed by atoms with Crippen molar-refractivity contribution < 1.29 is 9.84 Å². The van der Waals surface area contributed by atoms with Crippen LogP contribution < -0.4 is 4.90 Å². The number of rotatable bonds is 3. The molecule has 84 valence electrons. The van der Waals surface area contributed by atoms with E-state index in [9.17, 15) is 0 Å². The van der Waals surface area contributed by atoms with Crippen molar-refractivity contribution in [3.63, 3.8) is 0 Å². The summed E-state index contributed by atoms with van der Waals surface area (Å²) in [6.45, 7) is 2.08. The second kappa shape index (κ2) is 4.92. The molecule has 0 spiro atoms. The Bertz CT molecular complexity index is 308. The number of anilines is 1. The summed E-state index contributed by atoms with van der Waals surface area (Å²) in [4.78, 5) is 7.50. The van der Waals surface area contributed by atoms with Crippen molar-refractivity contribution in [2.24, 2.45) is 0 Å². The quantitative estimate of drug-likeness (QED) is 0.845. The molecular formula is C10H16N2O2S. The normalized spacial score (nSPS) is 18.4. The minimum Gasteiger partial charge on any atom is -0.391 e. The number of aliphatic hydroxyl groups excluding tert-OH is 1. The van der Waals surface area contributed by atoms with Crippen molar-refractivity contribution in [3.05, 3.63) is 11.1 Å². The smallest absolute Gasteiger partial charge is 0.185 e. The molecule has 0 atom stereocenters. The third-order valence-electron chi connectivity index (χ3n) is 2.74. The van der Waals surface area contributed by atoms with Crippen LogP contribution in [0.3, 0.4) is 0 Å². The first-order valence-electron chi connectivity index (χ1n) is 5.17. The zero-order valence-electron chi connectivity index (χ0n) is 8.85. The van der Waals surface area contributed by atoms with Crippen LogP contribution >= 0.6 is 11.3 Å². The number of hydrogen-bond donors (Lipinski definition) is 1. The maximum atomic E-state index is 8.96. The first-order valence-corrected chi connectivity index (χ1v) is 5.98. The molecule has 15 heavy (non-hydrogen) atoms. The number of piperidine rings is 1. The maximum absolute atomic E-state index is 8.96. The summed E-state index contributed by atoms with van der Waals surface area (Å²) in [6, 6.07) is 0. The van der Waals surface area contributed by atoms with Crippen LogP contribution in [0.5, 0.6) is 0 Å². The molecule has 2 rings (SSSR count). The Morgan fingerprint density at radius 2 is 2.33 bits per heavy atom. The first kappa shape index (κ1) is 10.9. The van der Waals surface area contributed by atoms with Gasteiger partial charge in [0.25, 0.3) is 0 Å². The standard InChI is InChI=1S/C10H16N2O2S/c1-14-8-2-4-12(5-3-8)10-11-6-9(7-13)15-10/h6,8,13H,2-5,7H2,1H3. The van der Waals surface area contributed by atoms with Crippen molar-refractivity contribution >= 4 is 16.5 Å². The van der Waals surface area contributed by atoms with Gasteiger partial charge in [-0.25, -0.2) is 4.98 Å². The summed E-state index contributed by atoms with van der Waals surface area (Å²) in [5, 5.41) is 9.98. The van der Waals surface area contributed by atoms with E-state index in [1.807, 2.05) is 0 Å². The molecule has 0 radical (unpaired) electrons. The van der Waals surface area contributed by atoms with Crippen LogP contribution in [0, 0.1) is 0 Å². The van der Waals surface area contributed by atoms with Crippen LogP contribution in [0.25, 0.3) is 0 Å². The highest BCUT2D eigenvalue weighted by Gasteiger charge is 2.20. The van der Waals surface area contributed by atoms with Crippen LogP contribution in [0.1, 0.15) is 17.7 Å². The molecule has 1 aromatic rings. The number of thiazole rings is 1. The third-order valence-corrected chi connectivity index (χ3v) is 3.79. The van der Waals surface area contributed by atoms with Gasteiger partial charge >= 0.3 is 0 Å². The highest BCUT2D eigenvalue weighted by molar-refractivity contribution is 7.15. The second-order valence-corrected chi connectivity index (χ2v) is 4.78. The van der Waals surface area contributed by atoms with Gasteiger partial charge in [-0.15, -0.1) is 0 Å². The monoisotopic (exact) mass is 228 g/mol. The highest BCUT2D eigenvalue weighted by Crippen LogP contribution is 2.25. The number of hydrogen-bond acceptors (Lipinski definition) is 5. The highest BCUT2D eigenvalue weighted by atomic mass is 32.1. The average Bonchev–Trinajstić information content (AvgIpc) is 2.78. The van der Waals surface area contributed by atoms with Crippen molar-refractivity contribution in [2.45, 2.75) is 25.6 Å². The molecular weight excluding hydrogens is 212 g/mol. The fraction of sp³-hybridized carbons (Fsp3) is 0.700. The van der Waals surface area contributed by atoms with Gasteiger partial charge in [0.05, 0.1) is 17.6 Å². The Morgan fingerprint density at radius 1 is 1.60 bits per heavy atom. The molecule has 0 saturated carbocycles. The van der Waals surface area contributed by atoms with Crippen LogP contribution in [-0.4, -0.2) is 36.4 Å². The van der Waals surface area contributed by atoms with E-state index >= 15 is 0 Å². The lowest BCUT2D eigenvalue weighted by atomic mass is 10.1. The fourth-order valence-electron chi connectivity index (χ4n) is 1.80. The number of nitrogens with zero attached hydrogens (tertiary/aromatic N) is 2. The number of methoxy groups -OCH3 is 1. The van der Waals surface area contributed by atoms with E-state index in [0.717, 1.165) is 35.9 Å².